The van der Waals surface area contributed by atoms with Gasteiger partial charge < -0.3 is 15.2 Å². The maximum Gasteiger partial charge on any atom is 0.140 e. The quantitative estimate of drug-likeness (QED) is 0.656. The van der Waals surface area contributed by atoms with Gasteiger partial charge in [-0.2, -0.15) is 0 Å². The van der Waals surface area contributed by atoms with Crippen molar-refractivity contribution in [3.8, 4) is 11.5 Å². The Morgan fingerprint density at radius 1 is 1.05 bits per heavy atom. The number of ether oxygens (including phenoxy) is 2. The molecule has 5 heteroatoms. The van der Waals surface area contributed by atoms with Crippen LogP contribution in [0.2, 0.25) is 5.02 Å². The summed E-state index contributed by atoms with van der Waals surface area (Å²) in [5.41, 5.74) is 6.28. The second-order valence-corrected chi connectivity index (χ2v) is 5.17. The van der Waals surface area contributed by atoms with Gasteiger partial charge in [0, 0.05) is 16.2 Å². The minimum absolute atomic E-state index is 0.398. The second kappa shape index (κ2) is 6.68. The minimum Gasteiger partial charge on any atom is -0.490 e. The van der Waals surface area contributed by atoms with Gasteiger partial charge in [0.05, 0.1) is 5.02 Å². The molecule has 2 N–H and O–H groups in total. The van der Waals surface area contributed by atoms with Gasteiger partial charge in [0.15, 0.2) is 0 Å². The Morgan fingerprint density at radius 2 is 1.84 bits per heavy atom. The molecule has 0 aliphatic heterocycles. The Bertz CT molecular complexity index is 563. The summed E-state index contributed by atoms with van der Waals surface area (Å²) in [6.45, 7) is 0.831. The smallest absolute Gasteiger partial charge is 0.140 e. The Kier molecular flexibility index (Phi) is 4.93. The van der Waals surface area contributed by atoms with Crippen LogP contribution in [0.25, 0.3) is 0 Å². The van der Waals surface area contributed by atoms with Gasteiger partial charge in [-0.15, -0.1) is 0 Å². The number of halogens is 2. The number of hydrogen-bond donors (Lipinski definition) is 1. The molecule has 0 spiro atoms. The van der Waals surface area contributed by atoms with Crippen molar-refractivity contribution in [1.82, 2.24) is 0 Å². The molecular formula is C14H13BrClNO2. The first kappa shape index (κ1) is 14.0. The molecule has 0 atom stereocenters. The average molecular weight is 343 g/mol. The van der Waals surface area contributed by atoms with E-state index in [4.69, 9.17) is 26.8 Å². The molecule has 2 rings (SSSR count). The molecule has 100 valence electrons. The molecule has 0 aliphatic carbocycles. The third kappa shape index (κ3) is 4.33. The fraction of sp³-hybridized carbons (Fsp3) is 0.143. The summed E-state index contributed by atoms with van der Waals surface area (Å²) in [5.74, 6) is 1.36. The van der Waals surface area contributed by atoms with Crippen LogP contribution >= 0.6 is 27.5 Å². The summed E-state index contributed by atoms with van der Waals surface area (Å²) in [6, 6.07) is 12.8. The van der Waals surface area contributed by atoms with Gasteiger partial charge in [-0.05, 0) is 30.3 Å². The van der Waals surface area contributed by atoms with Crippen molar-refractivity contribution < 1.29 is 9.47 Å². The molecule has 0 fully saturated rings. The standard InChI is InChI=1S/C14H13BrClNO2/c15-10-2-1-3-12(8-10)18-6-7-19-14-9-11(17)4-5-13(14)16/h1-5,8-9H,6-7,17H2. The van der Waals surface area contributed by atoms with E-state index in [9.17, 15) is 0 Å². The third-order valence-electron chi connectivity index (χ3n) is 2.36. The van der Waals surface area contributed by atoms with Crippen molar-refractivity contribution in [1.29, 1.82) is 0 Å². The number of nitrogen functional groups attached to an aromatic ring is 1. The number of anilines is 1. The highest BCUT2D eigenvalue weighted by Gasteiger charge is 2.02. The highest BCUT2D eigenvalue weighted by Crippen LogP contribution is 2.26. The normalized spacial score (nSPS) is 10.2. The van der Waals surface area contributed by atoms with E-state index in [0.29, 0.717) is 29.7 Å². The van der Waals surface area contributed by atoms with Crippen molar-refractivity contribution in [3.63, 3.8) is 0 Å². The van der Waals surface area contributed by atoms with E-state index in [1.165, 1.54) is 0 Å². The lowest BCUT2D eigenvalue weighted by molar-refractivity contribution is 0.217. The number of benzene rings is 2. The summed E-state index contributed by atoms with van der Waals surface area (Å²) in [7, 11) is 0. The van der Waals surface area contributed by atoms with Crippen LogP contribution in [0.5, 0.6) is 11.5 Å². The van der Waals surface area contributed by atoms with E-state index in [-0.39, 0.29) is 0 Å². The highest BCUT2D eigenvalue weighted by molar-refractivity contribution is 9.10. The lowest BCUT2D eigenvalue weighted by Crippen LogP contribution is -2.09. The molecule has 0 saturated heterocycles. The van der Waals surface area contributed by atoms with Gasteiger partial charge in [0.25, 0.3) is 0 Å². The topological polar surface area (TPSA) is 44.5 Å². The van der Waals surface area contributed by atoms with E-state index >= 15 is 0 Å². The molecule has 3 nitrogen and oxygen atoms in total. The second-order valence-electron chi connectivity index (χ2n) is 3.84. The van der Waals surface area contributed by atoms with E-state index in [2.05, 4.69) is 15.9 Å². The molecule has 0 bridgehead atoms. The van der Waals surface area contributed by atoms with Gasteiger partial charge in [0.1, 0.15) is 24.7 Å². The molecule has 0 saturated carbocycles. The Hall–Kier alpha value is -1.39. The number of rotatable bonds is 5. The predicted octanol–water partition coefficient (Wildman–Crippen LogP) is 4.14. The molecular weight excluding hydrogens is 330 g/mol. The van der Waals surface area contributed by atoms with Crippen LogP contribution in [-0.4, -0.2) is 13.2 Å². The zero-order valence-corrected chi connectivity index (χ0v) is 12.4. The molecule has 19 heavy (non-hydrogen) atoms. The molecule has 0 unspecified atom stereocenters. The molecule has 0 radical (unpaired) electrons. The zero-order chi connectivity index (χ0) is 13.7. The summed E-state index contributed by atoms with van der Waals surface area (Å²) in [4.78, 5) is 0. The maximum atomic E-state index is 5.99. The van der Waals surface area contributed by atoms with Crippen molar-refractivity contribution in [3.05, 3.63) is 52.0 Å². The van der Waals surface area contributed by atoms with Crippen molar-refractivity contribution in [2.45, 2.75) is 0 Å². The van der Waals surface area contributed by atoms with Gasteiger partial charge in [-0.3, -0.25) is 0 Å². The van der Waals surface area contributed by atoms with Crippen LogP contribution in [0, 0.1) is 0 Å². The molecule has 0 aliphatic rings. The fourth-order valence-corrected chi connectivity index (χ4v) is 2.05. The summed E-state index contributed by atoms with van der Waals surface area (Å²) >= 11 is 9.37. The van der Waals surface area contributed by atoms with Gasteiger partial charge in [-0.25, -0.2) is 0 Å². The van der Waals surface area contributed by atoms with E-state index in [1.807, 2.05) is 24.3 Å². The van der Waals surface area contributed by atoms with Crippen LogP contribution in [-0.2, 0) is 0 Å². The van der Waals surface area contributed by atoms with Crippen LogP contribution < -0.4 is 15.2 Å². The Labute approximate surface area is 125 Å². The molecule has 0 heterocycles. The summed E-state index contributed by atoms with van der Waals surface area (Å²) in [6.07, 6.45) is 0. The highest BCUT2D eigenvalue weighted by atomic mass is 79.9. The monoisotopic (exact) mass is 341 g/mol. The zero-order valence-electron chi connectivity index (χ0n) is 10.1. The summed E-state index contributed by atoms with van der Waals surface area (Å²) in [5, 5.41) is 0.539. The number of hydrogen-bond acceptors (Lipinski definition) is 3. The predicted molar refractivity (Wildman–Crippen MR) is 81.0 cm³/mol. The van der Waals surface area contributed by atoms with Gasteiger partial charge in [0.2, 0.25) is 0 Å². The minimum atomic E-state index is 0.398. The van der Waals surface area contributed by atoms with Crippen LogP contribution in [0.3, 0.4) is 0 Å². The first-order valence-electron chi connectivity index (χ1n) is 5.71. The Morgan fingerprint density at radius 3 is 2.63 bits per heavy atom. The van der Waals surface area contributed by atoms with Crippen LogP contribution in [0.1, 0.15) is 0 Å². The molecule has 2 aromatic carbocycles. The van der Waals surface area contributed by atoms with E-state index in [1.54, 1.807) is 18.2 Å². The SMILES string of the molecule is Nc1ccc(Cl)c(OCCOc2cccc(Br)c2)c1. The summed E-state index contributed by atoms with van der Waals surface area (Å²) < 4.78 is 12.0. The number of nitrogens with two attached hydrogens (primary N) is 1. The molecule has 0 aromatic heterocycles. The van der Waals surface area contributed by atoms with Crippen LogP contribution in [0.15, 0.2) is 46.9 Å². The van der Waals surface area contributed by atoms with E-state index < -0.39 is 0 Å². The van der Waals surface area contributed by atoms with Gasteiger partial charge in [-0.1, -0.05) is 33.6 Å². The first-order valence-corrected chi connectivity index (χ1v) is 6.88. The fourth-order valence-electron chi connectivity index (χ4n) is 1.50. The Balaban J connectivity index is 1.82. The van der Waals surface area contributed by atoms with Crippen molar-refractivity contribution in [2.24, 2.45) is 0 Å². The van der Waals surface area contributed by atoms with E-state index in [0.717, 1.165) is 10.2 Å². The van der Waals surface area contributed by atoms with Crippen LogP contribution in [0.4, 0.5) is 5.69 Å². The largest absolute Gasteiger partial charge is 0.490 e. The van der Waals surface area contributed by atoms with Crippen molar-refractivity contribution in [2.75, 3.05) is 18.9 Å². The molecule has 0 amide bonds. The lowest BCUT2D eigenvalue weighted by Gasteiger charge is -2.10. The maximum absolute atomic E-state index is 5.99. The van der Waals surface area contributed by atoms with Gasteiger partial charge >= 0.3 is 0 Å². The molecule has 2 aromatic rings. The lowest BCUT2D eigenvalue weighted by atomic mass is 10.3. The first-order chi connectivity index (χ1) is 9.15. The third-order valence-corrected chi connectivity index (χ3v) is 3.17. The van der Waals surface area contributed by atoms with Crippen molar-refractivity contribution >= 4 is 33.2 Å². The average Bonchev–Trinajstić information content (AvgIpc) is 2.39.